The summed E-state index contributed by atoms with van der Waals surface area (Å²) in [6.07, 6.45) is 8.13. The third-order valence-electron chi connectivity index (χ3n) is 6.24. The highest BCUT2D eigenvalue weighted by atomic mass is 16.7. The van der Waals surface area contributed by atoms with Gasteiger partial charge in [0, 0.05) is 33.5 Å². The Balaban J connectivity index is 2.66. The number of hydrogen-bond donors (Lipinski definition) is 1. The van der Waals surface area contributed by atoms with Crippen molar-refractivity contribution in [2.45, 2.75) is 90.6 Å². The Morgan fingerprint density at radius 3 is 2.57 bits per heavy atom. The van der Waals surface area contributed by atoms with Crippen molar-refractivity contribution in [2.75, 3.05) is 27.4 Å². The Labute approximate surface area is 182 Å². The molecular weight excluding hydrogens is 384 g/mol. The molecule has 1 rings (SSSR count). The fraction of sp³-hybridized carbons (Fsp3) is 0.792. The second kappa shape index (κ2) is 12.6. The van der Waals surface area contributed by atoms with Crippen LogP contribution < -0.4 is 0 Å². The van der Waals surface area contributed by atoms with Crippen LogP contribution in [-0.2, 0) is 23.7 Å². The molecule has 0 radical (unpaired) electrons. The summed E-state index contributed by atoms with van der Waals surface area (Å²) < 4.78 is 22.7. The van der Waals surface area contributed by atoms with Gasteiger partial charge in [0.15, 0.2) is 5.79 Å². The summed E-state index contributed by atoms with van der Waals surface area (Å²) in [6.45, 7) is 10.4. The molecule has 3 atom stereocenters. The number of ether oxygens (including phenoxy) is 4. The molecule has 0 spiro atoms. The van der Waals surface area contributed by atoms with E-state index in [2.05, 4.69) is 26.8 Å². The quantitative estimate of drug-likeness (QED) is 0.297. The van der Waals surface area contributed by atoms with E-state index in [1.54, 1.807) is 14.2 Å². The molecule has 6 nitrogen and oxygen atoms in total. The van der Waals surface area contributed by atoms with Crippen molar-refractivity contribution < 1.29 is 28.8 Å². The average Bonchev–Trinajstić information content (AvgIpc) is 2.82. The Morgan fingerprint density at radius 2 is 2.00 bits per heavy atom. The maximum absolute atomic E-state index is 10.9. The SMILES string of the molecule is COC(CC=C(C)C)(OC)C(C)CCC[C@]1(C)OCC(=CCOC(C)=O)CC[C@@H]1O. The van der Waals surface area contributed by atoms with E-state index in [-0.39, 0.29) is 18.5 Å². The number of hydrogen-bond acceptors (Lipinski definition) is 6. The van der Waals surface area contributed by atoms with E-state index in [1.165, 1.54) is 12.5 Å². The number of aliphatic hydroxyl groups excluding tert-OH is 1. The van der Waals surface area contributed by atoms with Gasteiger partial charge in [-0.3, -0.25) is 4.79 Å². The van der Waals surface area contributed by atoms with Gasteiger partial charge in [0.05, 0.1) is 18.3 Å². The molecule has 1 N–H and O–H groups in total. The Kier molecular flexibility index (Phi) is 11.3. The number of esters is 1. The van der Waals surface area contributed by atoms with Crippen LogP contribution in [-0.4, -0.2) is 56.0 Å². The van der Waals surface area contributed by atoms with Gasteiger partial charge in [-0.15, -0.1) is 0 Å². The van der Waals surface area contributed by atoms with Crippen LogP contribution in [0.15, 0.2) is 23.3 Å². The zero-order valence-corrected chi connectivity index (χ0v) is 20.0. The third kappa shape index (κ3) is 8.14. The highest BCUT2D eigenvalue weighted by molar-refractivity contribution is 5.66. The zero-order chi connectivity index (χ0) is 22.8. The molecule has 30 heavy (non-hydrogen) atoms. The van der Waals surface area contributed by atoms with Gasteiger partial charge in [0.2, 0.25) is 0 Å². The molecule has 0 saturated carbocycles. The third-order valence-corrected chi connectivity index (χ3v) is 6.24. The summed E-state index contributed by atoms with van der Waals surface area (Å²) in [5.41, 5.74) is 1.70. The van der Waals surface area contributed by atoms with E-state index >= 15 is 0 Å². The molecular formula is C24H42O6. The van der Waals surface area contributed by atoms with Crippen molar-refractivity contribution >= 4 is 5.97 Å². The van der Waals surface area contributed by atoms with Crippen molar-refractivity contribution in [1.29, 1.82) is 0 Å². The van der Waals surface area contributed by atoms with Gasteiger partial charge in [-0.1, -0.05) is 25.0 Å². The smallest absolute Gasteiger partial charge is 0.302 e. The number of allylic oxidation sites excluding steroid dienone is 1. The first-order valence-corrected chi connectivity index (χ1v) is 11.0. The first-order chi connectivity index (χ1) is 14.1. The number of rotatable bonds is 11. The second-order valence-electron chi connectivity index (χ2n) is 8.82. The molecule has 6 heteroatoms. The minimum Gasteiger partial charge on any atom is -0.462 e. The fourth-order valence-corrected chi connectivity index (χ4v) is 3.91. The number of methoxy groups -OCH3 is 2. The van der Waals surface area contributed by atoms with Gasteiger partial charge < -0.3 is 24.1 Å². The lowest BCUT2D eigenvalue weighted by molar-refractivity contribution is -0.236. The summed E-state index contributed by atoms with van der Waals surface area (Å²) in [7, 11) is 3.39. The first kappa shape index (κ1) is 26.8. The minimum absolute atomic E-state index is 0.189. The molecule has 0 aliphatic carbocycles. The molecule has 1 heterocycles. The van der Waals surface area contributed by atoms with Gasteiger partial charge in [0.25, 0.3) is 0 Å². The van der Waals surface area contributed by atoms with Crippen LogP contribution in [0.2, 0.25) is 0 Å². The van der Waals surface area contributed by atoms with Crippen LogP contribution in [0.5, 0.6) is 0 Å². The zero-order valence-electron chi connectivity index (χ0n) is 20.0. The van der Waals surface area contributed by atoms with Crippen LogP contribution in [0.4, 0.5) is 0 Å². The molecule has 0 amide bonds. The van der Waals surface area contributed by atoms with E-state index in [4.69, 9.17) is 18.9 Å². The fourth-order valence-electron chi connectivity index (χ4n) is 3.91. The van der Waals surface area contributed by atoms with Crippen LogP contribution >= 0.6 is 0 Å². The van der Waals surface area contributed by atoms with Crippen molar-refractivity contribution in [3.8, 4) is 0 Å². The standard InChI is InChI=1S/C24H42O6/c1-18(2)12-15-24(27-6,28-7)19(3)9-8-14-23(5)22(26)11-10-21(17-30-23)13-16-29-20(4)25/h12-13,19,22,26H,8-11,14-17H2,1-7H3/t19?,22-,23-/m0/s1. The van der Waals surface area contributed by atoms with Gasteiger partial charge >= 0.3 is 5.97 Å². The number of aliphatic hydroxyl groups is 1. The molecule has 1 fully saturated rings. The van der Waals surface area contributed by atoms with Gasteiger partial charge in [-0.2, -0.15) is 0 Å². The maximum Gasteiger partial charge on any atom is 0.302 e. The Morgan fingerprint density at radius 1 is 1.33 bits per heavy atom. The predicted molar refractivity (Wildman–Crippen MR) is 118 cm³/mol. The van der Waals surface area contributed by atoms with Crippen molar-refractivity contribution in [2.24, 2.45) is 5.92 Å². The molecule has 0 aromatic carbocycles. The summed E-state index contributed by atoms with van der Waals surface area (Å²) in [5, 5.41) is 10.7. The van der Waals surface area contributed by atoms with Crippen molar-refractivity contribution in [3.63, 3.8) is 0 Å². The minimum atomic E-state index is -0.645. The molecule has 0 aromatic rings. The molecule has 0 aromatic heterocycles. The highest BCUT2D eigenvalue weighted by Gasteiger charge is 2.38. The van der Waals surface area contributed by atoms with E-state index in [1.807, 2.05) is 13.0 Å². The van der Waals surface area contributed by atoms with E-state index in [0.717, 1.165) is 31.3 Å². The normalized spacial score (nSPS) is 24.9. The van der Waals surface area contributed by atoms with Crippen LogP contribution in [0, 0.1) is 5.92 Å². The second-order valence-corrected chi connectivity index (χ2v) is 8.82. The molecule has 1 saturated heterocycles. The van der Waals surface area contributed by atoms with Crippen molar-refractivity contribution in [3.05, 3.63) is 23.3 Å². The highest BCUT2D eigenvalue weighted by Crippen LogP contribution is 2.35. The van der Waals surface area contributed by atoms with Gasteiger partial charge in [-0.25, -0.2) is 0 Å². The van der Waals surface area contributed by atoms with E-state index < -0.39 is 17.5 Å². The monoisotopic (exact) mass is 426 g/mol. The lowest BCUT2D eigenvalue weighted by Crippen LogP contribution is -2.42. The molecule has 174 valence electrons. The summed E-state index contributed by atoms with van der Waals surface area (Å²) in [5.74, 6) is -0.754. The van der Waals surface area contributed by atoms with E-state index in [9.17, 15) is 9.90 Å². The topological polar surface area (TPSA) is 74.2 Å². The lowest BCUT2D eigenvalue weighted by Gasteiger charge is -2.37. The van der Waals surface area contributed by atoms with Crippen LogP contribution in [0.25, 0.3) is 0 Å². The molecule has 1 unspecified atom stereocenters. The number of carbonyl (C=O) groups excluding carboxylic acids is 1. The van der Waals surface area contributed by atoms with E-state index in [0.29, 0.717) is 19.4 Å². The summed E-state index contributed by atoms with van der Waals surface area (Å²) in [6, 6.07) is 0. The Bertz CT molecular complexity index is 589. The molecule has 1 aliphatic rings. The van der Waals surface area contributed by atoms with Gasteiger partial charge in [0.1, 0.15) is 6.61 Å². The lowest BCUT2D eigenvalue weighted by atomic mass is 9.85. The average molecular weight is 427 g/mol. The Hall–Kier alpha value is -1.21. The largest absolute Gasteiger partial charge is 0.462 e. The number of carbonyl (C=O) groups is 1. The van der Waals surface area contributed by atoms with Crippen LogP contribution in [0.1, 0.15) is 73.1 Å². The molecule has 1 aliphatic heterocycles. The molecule has 0 bridgehead atoms. The van der Waals surface area contributed by atoms with Crippen LogP contribution in [0.3, 0.4) is 0 Å². The summed E-state index contributed by atoms with van der Waals surface area (Å²) >= 11 is 0. The van der Waals surface area contributed by atoms with Gasteiger partial charge in [-0.05, 0) is 58.1 Å². The first-order valence-electron chi connectivity index (χ1n) is 11.0. The maximum atomic E-state index is 10.9. The van der Waals surface area contributed by atoms with Crippen molar-refractivity contribution in [1.82, 2.24) is 0 Å². The summed E-state index contributed by atoms with van der Waals surface area (Å²) in [4.78, 5) is 10.9. The predicted octanol–water partition coefficient (Wildman–Crippen LogP) is 4.56.